The van der Waals surface area contributed by atoms with Crippen LogP contribution in [0.2, 0.25) is 0 Å². The lowest BCUT2D eigenvalue weighted by molar-refractivity contribution is 0.143. The molecule has 0 aliphatic carbocycles. The van der Waals surface area contributed by atoms with Gasteiger partial charge in [-0.25, -0.2) is 0 Å². The number of rotatable bonds is 10. The van der Waals surface area contributed by atoms with Crippen LogP contribution in [0, 0.1) is 0 Å². The molecular formula is C14H21Br2NO2. The van der Waals surface area contributed by atoms with Crippen molar-refractivity contribution in [2.24, 2.45) is 0 Å². The van der Waals surface area contributed by atoms with E-state index in [9.17, 15) is 0 Å². The second-order valence-corrected chi connectivity index (χ2v) is 5.85. The molecule has 0 saturated heterocycles. The highest BCUT2D eigenvalue weighted by Crippen LogP contribution is 2.27. The smallest absolute Gasteiger partial charge is 0.133 e. The SMILES string of the molecule is CCOCCCCNCCOc1ccc(Br)cc1Br. The zero-order valence-corrected chi connectivity index (χ0v) is 14.4. The van der Waals surface area contributed by atoms with Crippen molar-refractivity contribution in [3.05, 3.63) is 27.1 Å². The largest absolute Gasteiger partial charge is 0.491 e. The molecule has 3 nitrogen and oxygen atoms in total. The van der Waals surface area contributed by atoms with Crippen molar-refractivity contribution >= 4 is 31.9 Å². The van der Waals surface area contributed by atoms with Gasteiger partial charge in [0.1, 0.15) is 12.4 Å². The fourth-order valence-electron chi connectivity index (χ4n) is 1.55. The summed E-state index contributed by atoms with van der Waals surface area (Å²) in [7, 11) is 0. The van der Waals surface area contributed by atoms with E-state index >= 15 is 0 Å². The van der Waals surface area contributed by atoms with Gasteiger partial charge in [-0.1, -0.05) is 15.9 Å². The second-order valence-electron chi connectivity index (χ2n) is 4.08. The second kappa shape index (κ2) is 10.7. The number of benzene rings is 1. The van der Waals surface area contributed by atoms with Gasteiger partial charge in [0.2, 0.25) is 0 Å². The molecule has 0 spiro atoms. The van der Waals surface area contributed by atoms with E-state index in [4.69, 9.17) is 9.47 Å². The molecule has 1 aromatic rings. The van der Waals surface area contributed by atoms with Gasteiger partial charge in [-0.15, -0.1) is 0 Å². The van der Waals surface area contributed by atoms with Gasteiger partial charge >= 0.3 is 0 Å². The third kappa shape index (κ3) is 7.92. The molecule has 1 aromatic carbocycles. The summed E-state index contributed by atoms with van der Waals surface area (Å²) in [5.41, 5.74) is 0. The first-order chi connectivity index (χ1) is 9.24. The molecule has 0 saturated carbocycles. The van der Waals surface area contributed by atoms with Crippen LogP contribution in [0.25, 0.3) is 0 Å². The van der Waals surface area contributed by atoms with Crippen molar-refractivity contribution in [2.75, 3.05) is 32.9 Å². The minimum absolute atomic E-state index is 0.672. The molecule has 0 heterocycles. The number of halogens is 2. The number of hydrogen-bond donors (Lipinski definition) is 1. The quantitative estimate of drug-likeness (QED) is 0.608. The third-order valence-electron chi connectivity index (χ3n) is 2.53. The normalized spacial score (nSPS) is 10.7. The van der Waals surface area contributed by atoms with Gasteiger partial charge in [-0.05, 0) is 60.4 Å². The van der Waals surface area contributed by atoms with Crippen molar-refractivity contribution < 1.29 is 9.47 Å². The number of nitrogens with one attached hydrogen (secondary N) is 1. The van der Waals surface area contributed by atoms with Gasteiger partial charge in [0.15, 0.2) is 0 Å². The van der Waals surface area contributed by atoms with Gasteiger partial charge < -0.3 is 14.8 Å². The average molecular weight is 395 g/mol. The van der Waals surface area contributed by atoms with Crippen LogP contribution in [-0.2, 0) is 4.74 Å². The van der Waals surface area contributed by atoms with Crippen LogP contribution in [0.3, 0.4) is 0 Å². The summed E-state index contributed by atoms with van der Waals surface area (Å²) in [4.78, 5) is 0. The van der Waals surface area contributed by atoms with Crippen LogP contribution >= 0.6 is 31.9 Å². The van der Waals surface area contributed by atoms with E-state index in [2.05, 4.69) is 37.2 Å². The zero-order chi connectivity index (χ0) is 13.9. The van der Waals surface area contributed by atoms with Crippen molar-refractivity contribution in [1.29, 1.82) is 0 Å². The highest BCUT2D eigenvalue weighted by Gasteiger charge is 2.00. The zero-order valence-electron chi connectivity index (χ0n) is 11.3. The van der Waals surface area contributed by atoms with E-state index in [0.717, 1.165) is 53.8 Å². The highest BCUT2D eigenvalue weighted by atomic mass is 79.9. The minimum atomic E-state index is 0.672. The van der Waals surface area contributed by atoms with Gasteiger partial charge in [-0.2, -0.15) is 0 Å². The first-order valence-electron chi connectivity index (χ1n) is 6.60. The Morgan fingerprint density at radius 1 is 1.11 bits per heavy atom. The Kier molecular flexibility index (Phi) is 9.51. The highest BCUT2D eigenvalue weighted by molar-refractivity contribution is 9.11. The summed E-state index contributed by atoms with van der Waals surface area (Å²) in [5.74, 6) is 0.876. The molecule has 0 atom stereocenters. The Balaban J connectivity index is 2.01. The average Bonchev–Trinajstić information content (AvgIpc) is 2.39. The monoisotopic (exact) mass is 393 g/mol. The Morgan fingerprint density at radius 3 is 2.68 bits per heavy atom. The van der Waals surface area contributed by atoms with E-state index in [0.29, 0.717) is 6.61 Å². The van der Waals surface area contributed by atoms with Crippen LogP contribution in [0.1, 0.15) is 19.8 Å². The molecule has 5 heteroatoms. The summed E-state index contributed by atoms with van der Waals surface area (Å²) >= 11 is 6.89. The Bertz CT molecular complexity index is 361. The van der Waals surface area contributed by atoms with E-state index in [-0.39, 0.29) is 0 Å². The van der Waals surface area contributed by atoms with Gasteiger partial charge in [-0.3, -0.25) is 0 Å². The third-order valence-corrected chi connectivity index (χ3v) is 3.64. The summed E-state index contributed by atoms with van der Waals surface area (Å²) in [6, 6.07) is 5.91. The lowest BCUT2D eigenvalue weighted by Crippen LogP contribution is -2.22. The lowest BCUT2D eigenvalue weighted by Gasteiger charge is -2.09. The summed E-state index contributed by atoms with van der Waals surface area (Å²) in [6.45, 7) is 6.24. The molecule has 0 unspecified atom stereocenters. The fraction of sp³-hybridized carbons (Fsp3) is 0.571. The van der Waals surface area contributed by atoms with E-state index in [1.54, 1.807) is 0 Å². The maximum atomic E-state index is 5.68. The molecule has 0 radical (unpaired) electrons. The summed E-state index contributed by atoms with van der Waals surface area (Å²) < 4.78 is 13.0. The maximum Gasteiger partial charge on any atom is 0.133 e. The van der Waals surface area contributed by atoms with Crippen LogP contribution in [0.15, 0.2) is 27.1 Å². The molecule has 0 bridgehead atoms. The molecule has 0 aromatic heterocycles. The van der Waals surface area contributed by atoms with Gasteiger partial charge in [0, 0.05) is 24.2 Å². The predicted octanol–water partition coefficient (Wildman–Crippen LogP) is 4.00. The van der Waals surface area contributed by atoms with E-state index < -0.39 is 0 Å². The number of hydrogen-bond acceptors (Lipinski definition) is 3. The molecule has 0 amide bonds. The van der Waals surface area contributed by atoms with Crippen LogP contribution < -0.4 is 10.1 Å². The Labute approximate surface area is 132 Å². The molecule has 0 aliphatic heterocycles. The standard InChI is InChI=1S/C14H21Br2NO2/c1-2-18-9-4-3-7-17-8-10-19-14-6-5-12(15)11-13(14)16/h5-6,11,17H,2-4,7-10H2,1H3. The molecule has 19 heavy (non-hydrogen) atoms. The first-order valence-corrected chi connectivity index (χ1v) is 8.19. The molecule has 0 aliphatic rings. The van der Waals surface area contributed by atoms with Crippen molar-refractivity contribution in [2.45, 2.75) is 19.8 Å². The van der Waals surface area contributed by atoms with Crippen molar-refractivity contribution in [1.82, 2.24) is 5.32 Å². The lowest BCUT2D eigenvalue weighted by atomic mass is 10.3. The summed E-state index contributed by atoms with van der Waals surface area (Å²) in [5, 5.41) is 3.36. The maximum absolute atomic E-state index is 5.68. The number of unbranched alkanes of at least 4 members (excludes halogenated alkanes) is 1. The molecule has 1 N–H and O–H groups in total. The number of ether oxygens (including phenoxy) is 2. The van der Waals surface area contributed by atoms with Crippen molar-refractivity contribution in [3.8, 4) is 5.75 Å². The minimum Gasteiger partial charge on any atom is -0.491 e. The molecule has 0 fully saturated rings. The van der Waals surface area contributed by atoms with Crippen molar-refractivity contribution in [3.63, 3.8) is 0 Å². The molecule has 108 valence electrons. The van der Waals surface area contributed by atoms with Crippen LogP contribution in [0.4, 0.5) is 0 Å². The van der Waals surface area contributed by atoms with Gasteiger partial charge in [0.25, 0.3) is 0 Å². The Morgan fingerprint density at radius 2 is 1.95 bits per heavy atom. The van der Waals surface area contributed by atoms with E-state index in [1.165, 1.54) is 0 Å². The fourth-order valence-corrected chi connectivity index (χ4v) is 2.71. The predicted molar refractivity (Wildman–Crippen MR) is 85.9 cm³/mol. The first kappa shape index (κ1) is 17.0. The molecular weight excluding hydrogens is 374 g/mol. The van der Waals surface area contributed by atoms with Gasteiger partial charge in [0.05, 0.1) is 4.47 Å². The molecule has 1 rings (SSSR count). The topological polar surface area (TPSA) is 30.5 Å². The summed E-state index contributed by atoms with van der Waals surface area (Å²) in [6.07, 6.45) is 2.25. The Hall–Kier alpha value is -0.100. The van der Waals surface area contributed by atoms with E-state index in [1.807, 2.05) is 25.1 Å². The van der Waals surface area contributed by atoms with Crippen LogP contribution in [0.5, 0.6) is 5.75 Å². The van der Waals surface area contributed by atoms with Crippen LogP contribution in [-0.4, -0.2) is 32.9 Å².